The van der Waals surface area contributed by atoms with Crippen LogP contribution >= 0.6 is 11.5 Å². The molecule has 1 aliphatic rings. The Labute approximate surface area is 182 Å². The minimum absolute atomic E-state index is 0.0318. The van der Waals surface area contributed by atoms with Crippen molar-refractivity contribution < 1.29 is 23.1 Å². The summed E-state index contributed by atoms with van der Waals surface area (Å²) < 4.78 is 37.1. The zero-order chi connectivity index (χ0) is 22.5. The SMILES string of the molecule is Cc1cc(F)c(COc2nsc(NC(=O)NCCC3CCCN3C)c2C(N)=O)cc1F. The molecule has 1 atom stereocenters. The summed E-state index contributed by atoms with van der Waals surface area (Å²) in [4.78, 5) is 26.4. The number of hydrogen-bond donors (Lipinski definition) is 3. The molecule has 0 saturated carbocycles. The topological polar surface area (TPSA) is 110 Å². The average Bonchev–Trinajstić information content (AvgIpc) is 3.29. The Bertz CT molecular complexity index is 969. The van der Waals surface area contributed by atoms with E-state index in [1.807, 2.05) is 0 Å². The van der Waals surface area contributed by atoms with Gasteiger partial charge in [-0.1, -0.05) is 0 Å². The number of hydrogen-bond acceptors (Lipinski definition) is 6. The molecule has 3 amide bonds. The molecule has 4 N–H and O–H groups in total. The Balaban J connectivity index is 1.60. The van der Waals surface area contributed by atoms with Crippen molar-refractivity contribution in [1.29, 1.82) is 0 Å². The summed E-state index contributed by atoms with van der Waals surface area (Å²) >= 11 is 0.813. The highest BCUT2D eigenvalue weighted by molar-refractivity contribution is 7.11. The fourth-order valence-corrected chi connectivity index (χ4v) is 4.20. The number of ether oxygens (including phenoxy) is 1. The van der Waals surface area contributed by atoms with E-state index in [1.54, 1.807) is 0 Å². The van der Waals surface area contributed by atoms with Crippen molar-refractivity contribution in [1.82, 2.24) is 14.6 Å². The third-order valence-electron chi connectivity index (χ3n) is 5.26. The number of nitrogens with one attached hydrogen (secondary N) is 2. The smallest absolute Gasteiger partial charge is 0.319 e. The second-order valence-electron chi connectivity index (χ2n) is 7.48. The van der Waals surface area contributed by atoms with Crippen molar-refractivity contribution in [2.75, 3.05) is 25.5 Å². The predicted molar refractivity (Wildman–Crippen MR) is 113 cm³/mol. The molecule has 168 valence electrons. The van der Waals surface area contributed by atoms with Gasteiger partial charge >= 0.3 is 6.03 Å². The molecule has 1 unspecified atom stereocenters. The van der Waals surface area contributed by atoms with E-state index < -0.39 is 23.6 Å². The first-order chi connectivity index (χ1) is 14.8. The zero-order valence-corrected chi connectivity index (χ0v) is 18.2. The molecule has 1 saturated heterocycles. The number of aromatic nitrogens is 1. The molecule has 1 fully saturated rings. The summed E-state index contributed by atoms with van der Waals surface area (Å²) in [5.41, 5.74) is 5.43. The summed E-state index contributed by atoms with van der Waals surface area (Å²) in [5.74, 6) is -2.22. The summed E-state index contributed by atoms with van der Waals surface area (Å²) in [6, 6.07) is 2.03. The number of benzene rings is 1. The largest absolute Gasteiger partial charge is 0.471 e. The monoisotopic (exact) mass is 453 g/mol. The van der Waals surface area contributed by atoms with Crippen LogP contribution < -0.4 is 21.1 Å². The number of rotatable bonds is 8. The van der Waals surface area contributed by atoms with Crippen LogP contribution in [0.25, 0.3) is 0 Å². The van der Waals surface area contributed by atoms with E-state index >= 15 is 0 Å². The number of amides is 3. The first kappa shape index (κ1) is 22.9. The third-order valence-corrected chi connectivity index (χ3v) is 6.01. The second-order valence-corrected chi connectivity index (χ2v) is 8.26. The van der Waals surface area contributed by atoms with Gasteiger partial charge in [-0.2, -0.15) is 4.37 Å². The van der Waals surface area contributed by atoms with Crippen LogP contribution in [-0.4, -0.2) is 47.4 Å². The van der Waals surface area contributed by atoms with E-state index in [0.717, 1.165) is 49.5 Å². The van der Waals surface area contributed by atoms with E-state index in [2.05, 4.69) is 27.0 Å². The molecule has 1 aromatic carbocycles. The van der Waals surface area contributed by atoms with Crippen LogP contribution in [-0.2, 0) is 6.61 Å². The number of nitrogens with zero attached hydrogens (tertiary/aromatic N) is 2. The van der Waals surface area contributed by atoms with Gasteiger partial charge in [0, 0.05) is 18.2 Å². The van der Waals surface area contributed by atoms with E-state index in [0.29, 0.717) is 12.6 Å². The number of halogens is 2. The summed E-state index contributed by atoms with van der Waals surface area (Å²) in [6.45, 7) is 2.63. The van der Waals surface area contributed by atoms with Gasteiger partial charge in [-0.25, -0.2) is 13.6 Å². The van der Waals surface area contributed by atoms with Crippen LogP contribution in [0.5, 0.6) is 5.88 Å². The third kappa shape index (κ3) is 5.67. The number of carbonyl (C=O) groups is 2. The van der Waals surface area contributed by atoms with Gasteiger partial charge in [-0.15, -0.1) is 0 Å². The lowest BCUT2D eigenvalue weighted by Crippen LogP contribution is -2.34. The molecule has 1 aromatic heterocycles. The van der Waals surface area contributed by atoms with Crippen LogP contribution in [0.4, 0.5) is 18.6 Å². The van der Waals surface area contributed by atoms with E-state index in [-0.39, 0.29) is 34.2 Å². The van der Waals surface area contributed by atoms with Crippen LogP contribution in [0, 0.1) is 18.6 Å². The van der Waals surface area contributed by atoms with Crippen molar-refractivity contribution in [3.8, 4) is 5.88 Å². The van der Waals surface area contributed by atoms with Gasteiger partial charge < -0.3 is 20.7 Å². The van der Waals surface area contributed by atoms with E-state index in [4.69, 9.17) is 10.5 Å². The summed E-state index contributed by atoms with van der Waals surface area (Å²) in [7, 11) is 2.06. The highest BCUT2D eigenvalue weighted by Gasteiger charge is 2.23. The fraction of sp³-hybridized carbons (Fsp3) is 0.450. The van der Waals surface area contributed by atoms with Gasteiger partial charge in [0.1, 0.15) is 28.8 Å². The van der Waals surface area contributed by atoms with Crippen LogP contribution in [0.15, 0.2) is 12.1 Å². The maximum atomic E-state index is 14.0. The average molecular weight is 454 g/mol. The molecule has 31 heavy (non-hydrogen) atoms. The number of primary amides is 1. The predicted octanol–water partition coefficient (Wildman–Crippen LogP) is 3.01. The molecule has 0 spiro atoms. The van der Waals surface area contributed by atoms with Crippen molar-refractivity contribution in [3.63, 3.8) is 0 Å². The normalized spacial score (nSPS) is 16.3. The molecular weight excluding hydrogens is 428 g/mol. The number of carbonyl (C=O) groups excluding carboxylic acids is 2. The highest BCUT2D eigenvalue weighted by atomic mass is 32.1. The van der Waals surface area contributed by atoms with Gasteiger partial charge in [0.2, 0.25) is 5.88 Å². The minimum atomic E-state index is -0.859. The minimum Gasteiger partial charge on any atom is -0.471 e. The summed E-state index contributed by atoms with van der Waals surface area (Å²) in [6.07, 6.45) is 3.08. The molecule has 0 bridgehead atoms. The maximum absolute atomic E-state index is 14.0. The van der Waals surface area contributed by atoms with Gasteiger partial charge in [0.25, 0.3) is 5.91 Å². The number of anilines is 1. The van der Waals surface area contributed by atoms with Crippen LogP contribution in [0.1, 0.15) is 40.7 Å². The number of nitrogens with two attached hydrogens (primary N) is 1. The van der Waals surface area contributed by atoms with Crippen molar-refractivity contribution in [2.45, 2.75) is 38.8 Å². The number of urea groups is 1. The van der Waals surface area contributed by atoms with Crippen LogP contribution in [0.3, 0.4) is 0 Å². The van der Waals surface area contributed by atoms with Crippen molar-refractivity contribution >= 4 is 28.5 Å². The standard InChI is InChI=1S/C20H25F2N5O3S/c1-11-8-15(22)12(9-14(11)21)10-30-18-16(17(23)28)19(31-26-18)25-20(29)24-6-5-13-4-3-7-27(13)2/h8-9,13H,3-7,10H2,1-2H3,(H2,23,28)(H2,24,25,29). The Morgan fingerprint density at radius 2 is 2.13 bits per heavy atom. The van der Waals surface area contributed by atoms with Gasteiger partial charge in [0.05, 0.1) is 0 Å². The second kappa shape index (κ2) is 10.0. The van der Waals surface area contributed by atoms with Crippen LogP contribution in [0.2, 0.25) is 0 Å². The van der Waals surface area contributed by atoms with Gasteiger partial charge in [-0.3, -0.25) is 10.1 Å². The Morgan fingerprint density at radius 1 is 1.35 bits per heavy atom. The molecule has 11 heteroatoms. The molecule has 2 heterocycles. The van der Waals surface area contributed by atoms with Crippen molar-refractivity contribution in [2.24, 2.45) is 5.73 Å². The molecule has 0 radical (unpaired) electrons. The van der Waals surface area contributed by atoms with Gasteiger partial charge in [0.15, 0.2) is 0 Å². The zero-order valence-electron chi connectivity index (χ0n) is 17.3. The first-order valence-electron chi connectivity index (χ1n) is 9.88. The number of likely N-dealkylation sites (tertiary alicyclic amines) is 1. The quantitative estimate of drug-likeness (QED) is 0.569. The fourth-order valence-electron chi connectivity index (χ4n) is 3.46. The first-order valence-corrected chi connectivity index (χ1v) is 10.7. The lowest BCUT2D eigenvalue weighted by atomic mass is 10.1. The van der Waals surface area contributed by atoms with E-state index in [9.17, 15) is 18.4 Å². The number of aryl methyl sites for hydroxylation is 1. The molecule has 8 nitrogen and oxygen atoms in total. The molecule has 0 aliphatic carbocycles. The van der Waals surface area contributed by atoms with Gasteiger partial charge in [-0.05, 0) is 69.0 Å². The Hall–Kier alpha value is -2.79. The molecule has 3 rings (SSSR count). The molecule has 1 aliphatic heterocycles. The van der Waals surface area contributed by atoms with Crippen molar-refractivity contribution in [3.05, 3.63) is 40.5 Å². The molecule has 2 aromatic rings. The lowest BCUT2D eigenvalue weighted by Gasteiger charge is -2.19. The Kier molecular flexibility index (Phi) is 7.39. The maximum Gasteiger partial charge on any atom is 0.319 e. The lowest BCUT2D eigenvalue weighted by molar-refractivity contribution is 0.0996. The van der Waals surface area contributed by atoms with E-state index in [1.165, 1.54) is 6.92 Å². The molecular formula is C20H25F2N5O3S. The summed E-state index contributed by atoms with van der Waals surface area (Å²) in [5, 5.41) is 5.42. The Morgan fingerprint density at radius 3 is 2.81 bits per heavy atom. The highest BCUT2D eigenvalue weighted by Crippen LogP contribution is 2.31.